The van der Waals surface area contributed by atoms with Gasteiger partial charge in [-0.05, 0) is 46.3 Å². The summed E-state index contributed by atoms with van der Waals surface area (Å²) in [4.78, 5) is 12.1. The molecule has 0 aliphatic heterocycles. The van der Waals surface area contributed by atoms with Gasteiger partial charge in [0.1, 0.15) is 11.9 Å². The number of nitrogens with one attached hydrogen (secondary N) is 1. The van der Waals surface area contributed by atoms with Crippen LogP contribution in [0.3, 0.4) is 0 Å². The lowest BCUT2D eigenvalue weighted by Gasteiger charge is -2.09. The number of hydrogen-bond donors (Lipinski definition) is 2. The van der Waals surface area contributed by atoms with Crippen LogP contribution in [0.4, 0.5) is 15.8 Å². The van der Waals surface area contributed by atoms with Crippen molar-refractivity contribution in [3.63, 3.8) is 0 Å². The molecule has 2 rings (SSSR count). The molecule has 1 amide bonds. The van der Waals surface area contributed by atoms with Crippen molar-refractivity contribution in [1.82, 2.24) is 0 Å². The highest BCUT2D eigenvalue weighted by atomic mass is 79.9. The van der Waals surface area contributed by atoms with E-state index in [1.54, 1.807) is 6.07 Å². The maximum Gasteiger partial charge on any atom is 0.256 e. The summed E-state index contributed by atoms with van der Waals surface area (Å²) < 4.78 is 13.5. The van der Waals surface area contributed by atoms with E-state index in [1.807, 2.05) is 6.07 Å². The molecular formula is C14H9BrFN3O. The highest BCUT2D eigenvalue weighted by Gasteiger charge is 2.14. The standard InChI is InChI=1S/C14H9BrFN3O/c15-13-10(2-1-3-11(13)16)14(20)19-12-5-4-9(18)6-8(12)7-17/h1-6H,18H2,(H,19,20). The lowest BCUT2D eigenvalue weighted by Crippen LogP contribution is -2.14. The lowest BCUT2D eigenvalue weighted by atomic mass is 10.1. The van der Waals surface area contributed by atoms with Crippen LogP contribution >= 0.6 is 15.9 Å². The van der Waals surface area contributed by atoms with Crippen molar-refractivity contribution in [3.05, 3.63) is 57.8 Å². The minimum absolute atomic E-state index is 0.0754. The van der Waals surface area contributed by atoms with Gasteiger partial charge in [0.2, 0.25) is 0 Å². The predicted octanol–water partition coefficient (Wildman–Crippen LogP) is 3.29. The number of nitriles is 1. The Hall–Kier alpha value is -2.39. The lowest BCUT2D eigenvalue weighted by molar-refractivity contribution is 0.102. The van der Waals surface area contributed by atoms with E-state index < -0.39 is 11.7 Å². The topological polar surface area (TPSA) is 78.9 Å². The maximum absolute atomic E-state index is 13.4. The average Bonchev–Trinajstić information content (AvgIpc) is 2.43. The van der Waals surface area contributed by atoms with Gasteiger partial charge in [-0.3, -0.25) is 4.79 Å². The number of hydrogen-bond acceptors (Lipinski definition) is 3. The van der Waals surface area contributed by atoms with Crippen molar-refractivity contribution in [3.8, 4) is 6.07 Å². The van der Waals surface area contributed by atoms with Crippen molar-refractivity contribution in [2.24, 2.45) is 0 Å². The predicted molar refractivity (Wildman–Crippen MR) is 77.6 cm³/mol. The van der Waals surface area contributed by atoms with Crippen molar-refractivity contribution < 1.29 is 9.18 Å². The molecule has 6 heteroatoms. The van der Waals surface area contributed by atoms with Crippen LogP contribution in [0.15, 0.2) is 40.9 Å². The molecule has 3 N–H and O–H groups in total. The first-order valence-corrected chi connectivity index (χ1v) is 6.37. The molecule has 0 aliphatic carbocycles. The van der Waals surface area contributed by atoms with E-state index in [0.717, 1.165) is 0 Å². The molecule has 4 nitrogen and oxygen atoms in total. The smallest absolute Gasteiger partial charge is 0.256 e. The molecule has 20 heavy (non-hydrogen) atoms. The van der Waals surface area contributed by atoms with Crippen LogP contribution < -0.4 is 11.1 Å². The van der Waals surface area contributed by atoms with Crippen molar-refractivity contribution >= 4 is 33.2 Å². The minimum Gasteiger partial charge on any atom is -0.399 e. The zero-order chi connectivity index (χ0) is 14.7. The number of nitrogens with two attached hydrogens (primary N) is 1. The minimum atomic E-state index is -0.532. The van der Waals surface area contributed by atoms with Crippen molar-refractivity contribution in [2.75, 3.05) is 11.1 Å². The van der Waals surface area contributed by atoms with E-state index in [4.69, 9.17) is 11.0 Å². The second kappa shape index (κ2) is 5.72. The summed E-state index contributed by atoms with van der Waals surface area (Å²) in [7, 11) is 0. The number of anilines is 2. The summed E-state index contributed by atoms with van der Waals surface area (Å²) in [6.45, 7) is 0. The van der Waals surface area contributed by atoms with Gasteiger partial charge in [0, 0.05) is 5.69 Å². The fraction of sp³-hybridized carbons (Fsp3) is 0. The first kappa shape index (κ1) is 14.0. The Bertz CT molecular complexity index is 725. The monoisotopic (exact) mass is 333 g/mol. The quantitative estimate of drug-likeness (QED) is 0.827. The van der Waals surface area contributed by atoms with Crippen molar-refractivity contribution in [2.45, 2.75) is 0 Å². The maximum atomic E-state index is 13.4. The van der Waals surface area contributed by atoms with Gasteiger partial charge >= 0.3 is 0 Å². The van der Waals surface area contributed by atoms with Crippen LogP contribution in [0.25, 0.3) is 0 Å². The fourth-order valence-corrected chi connectivity index (χ4v) is 2.08. The van der Waals surface area contributed by atoms with Gasteiger partial charge in [-0.25, -0.2) is 4.39 Å². The molecule has 0 heterocycles. The molecule has 100 valence electrons. The third kappa shape index (κ3) is 2.78. The van der Waals surface area contributed by atoms with Gasteiger partial charge in [-0.2, -0.15) is 5.26 Å². The highest BCUT2D eigenvalue weighted by molar-refractivity contribution is 9.10. The second-order valence-electron chi connectivity index (χ2n) is 3.97. The van der Waals surface area contributed by atoms with Gasteiger partial charge in [0.05, 0.1) is 21.3 Å². The van der Waals surface area contributed by atoms with E-state index in [0.29, 0.717) is 11.4 Å². The molecule has 2 aromatic rings. The largest absolute Gasteiger partial charge is 0.399 e. The van der Waals surface area contributed by atoms with Crippen LogP contribution in [0.1, 0.15) is 15.9 Å². The van der Waals surface area contributed by atoms with Gasteiger partial charge in [0.25, 0.3) is 5.91 Å². The number of nitrogen functional groups attached to an aromatic ring is 1. The summed E-state index contributed by atoms with van der Waals surface area (Å²) in [5, 5.41) is 11.6. The Morgan fingerprint density at radius 3 is 2.80 bits per heavy atom. The van der Waals surface area contributed by atoms with Crippen LogP contribution in [0.2, 0.25) is 0 Å². The highest BCUT2D eigenvalue weighted by Crippen LogP contribution is 2.23. The molecule has 0 spiro atoms. The van der Waals surface area contributed by atoms with Crippen LogP contribution in [0.5, 0.6) is 0 Å². The third-order valence-electron chi connectivity index (χ3n) is 2.61. The summed E-state index contributed by atoms with van der Waals surface area (Å²) in [6, 6.07) is 10.6. The zero-order valence-electron chi connectivity index (χ0n) is 10.2. The van der Waals surface area contributed by atoms with Crippen LogP contribution in [-0.2, 0) is 0 Å². The average molecular weight is 334 g/mol. The first-order valence-electron chi connectivity index (χ1n) is 5.58. The number of carbonyl (C=O) groups is 1. The summed E-state index contributed by atoms with van der Waals surface area (Å²) in [6.07, 6.45) is 0. The van der Waals surface area contributed by atoms with E-state index in [9.17, 15) is 9.18 Å². The van der Waals surface area contributed by atoms with E-state index in [1.165, 1.54) is 30.3 Å². The Morgan fingerprint density at radius 1 is 1.35 bits per heavy atom. The number of rotatable bonds is 2. The zero-order valence-corrected chi connectivity index (χ0v) is 11.7. The Labute approximate surface area is 123 Å². The molecular weight excluding hydrogens is 325 g/mol. The molecule has 0 fully saturated rings. The molecule has 0 aromatic heterocycles. The molecule has 0 radical (unpaired) electrons. The molecule has 0 atom stereocenters. The van der Waals surface area contributed by atoms with E-state index in [-0.39, 0.29) is 15.6 Å². The number of halogens is 2. The number of benzene rings is 2. The fourth-order valence-electron chi connectivity index (χ4n) is 1.63. The number of carbonyl (C=O) groups excluding carboxylic acids is 1. The molecule has 0 saturated carbocycles. The molecule has 0 bridgehead atoms. The van der Waals surface area contributed by atoms with Gasteiger partial charge in [0.15, 0.2) is 0 Å². The van der Waals surface area contributed by atoms with Crippen LogP contribution in [0, 0.1) is 17.1 Å². The molecule has 2 aromatic carbocycles. The molecule has 0 aliphatic rings. The Balaban J connectivity index is 2.33. The SMILES string of the molecule is N#Cc1cc(N)ccc1NC(=O)c1cccc(F)c1Br. The normalized spacial score (nSPS) is 9.85. The third-order valence-corrected chi connectivity index (χ3v) is 3.41. The number of amides is 1. The summed E-state index contributed by atoms with van der Waals surface area (Å²) in [5.74, 6) is -1.05. The Kier molecular flexibility index (Phi) is 4.01. The van der Waals surface area contributed by atoms with Gasteiger partial charge in [-0.1, -0.05) is 6.07 Å². The second-order valence-corrected chi connectivity index (χ2v) is 4.77. The summed E-state index contributed by atoms with van der Waals surface area (Å²) in [5.41, 5.74) is 6.70. The van der Waals surface area contributed by atoms with Crippen LogP contribution in [-0.4, -0.2) is 5.91 Å². The van der Waals surface area contributed by atoms with Gasteiger partial charge in [-0.15, -0.1) is 0 Å². The molecule has 0 saturated heterocycles. The molecule has 0 unspecified atom stereocenters. The van der Waals surface area contributed by atoms with Gasteiger partial charge < -0.3 is 11.1 Å². The van der Waals surface area contributed by atoms with E-state index in [2.05, 4.69) is 21.2 Å². The summed E-state index contributed by atoms with van der Waals surface area (Å²) >= 11 is 3.02. The Morgan fingerprint density at radius 2 is 2.10 bits per heavy atom. The van der Waals surface area contributed by atoms with Crippen molar-refractivity contribution in [1.29, 1.82) is 5.26 Å². The first-order chi connectivity index (χ1) is 9.52. The van der Waals surface area contributed by atoms with E-state index >= 15 is 0 Å². The number of nitrogens with zero attached hydrogens (tertiary/aromatic N) is 1.